The van der Waals surface area contributed by atoms with Gasteiger partial charge in [-0.1, -0.05) is 57.6 Å². The highest BCUT2D eigenvalue weighted by atomic mass is 79.9. The number of aromatic nitrogens is 3. The van der Waals surface area contributed by atoms with Crippen molar-refractivity contribution in [3.8, 4) is 10.6 Å². The number of hydrogen-bond donors (Lipinski definition) is 1. The number of halogens is 1. The SMILES string of the molecule is Cc1ccccc1-c1nn2c(=O)cc(CNC(=O)c3cccc(Br)c3)nc2s1. The fourth-order valence-electron chi connectivity index (χ4n) is 2.77. The highest BCUT2D eigenvalue weighted by Gasteiger charge is 2.13. The van der Waals surface area contributed by atoms with Crippen LogP contribution in [0.5, 0.6) is 0 Å². The topological polar surface area (TPSA) is 76.4 Å². The second kappa shape index (κ2) is 7.65. The van der Waals surface area contributed by atoms with Gasteiger partial charge in [0.2, 0.25) is 4.96 Å². The van der Waals surface area contributed by atoms with Crippen LogP contribution in [0.3, 0.4) is 0 Å². The summed E-state index contributed by atoms with van der Waals surface area (Å²) in [6.45, 7) is 2.16. The normalized spacial score (nSPS) is 10.9. The average molecular weight is 455 g/mol. The number of nitrogens with zero attached hydrogens (tertiary/aromatic N) is 3. The Hall–Kier alpha value is -2.84. The zero-order valence-corrected chi connectivity index (χ0v) is 17.3. The fraction of sp³-hybridized carbons (Fsp3) is 0.100. The average Bonchev–Trinajstić information content (AvgIpc) is 3.11. The van der Waals surface area contributed by atoms with Gasteiger partial charge in [-0.15, -0.1) is 0 Å². The Kier molecular flexibility index (Phi) is 5.06. The highest BCUT2D eigenvalue weighted by molar-refractivity contribution is 9.10. The summed E-state index contributed by atoms with van der Waals surface area (Å²) in [5, 5.41) is 7.93. The van der Waals surface area contributed by atoms with Crippen molar-refractivity contribution in [3.05, 3.63) is 86.2 Å². The van der Waals surface area contributed by atoms with Crippen molar-refractivity contribution in [2.75, 3.05) is 0 Å². The van der Waals surface area contributed by atoms with Gasteiger partial charge < -0.3 is 5.32 Å². The minimum atomic E-state index is -0.271. The van der Waals surface area contributed by atoms with Crippen molar-refractivity contribution in [3.63, 3.8) is 0 Å². The van der Waals surface area contributed by atoms with Crippen LogP contribution in [0.15, 0.2) is 63.9 Å². The first kappa shape index (κ1) is 18.5. The molecule has 2 aromatic heterocycles. The monoisotopic (exact) mass is 454 g/mol. The summed E-state index contributed by atoms with van der Waals surface area (Å²) in [6.07, 6.45) is 0. The Morgan fingerprint density at radius 1 is 1.18 bits per heavy atom. The molecule has 2 heterocycles. The molecule has 4 rings (SSSR count). The van der Waals surface area contributed by atoms with E-state index in [0.717, 1.165) is 20.6 Å². The smallest absolute Gasteiger partial charge is 0.275 e. The molecule has 0 spiro atoms. The maximum absolute atomic E-state index is 12.4. The zero-order valence-electron chi connectivity index (χ0n) is 14.8. The number of aryl methyl sites for hydroxylation is 1. The second-order valence-corrected chi connectivity index (χ2v) is 8.07. The molecule has 1 N–H and O–H groups in total. The van der Waals surface area contributed by atoms with Gasteiger partial charge in [-0.2, -0.15) is 9.61 Å². The molecule has 0 unspecified atom stereocenters. The van der Waals surface area contributed by atoms with Crippen LogP contribution in [0.2, 0.25) is 0 Å². The molecule has 6 nitrogen and oxygen atoms in total. The Balaban J connectivity index is 1.60. The summed E-state index contributed by atoms with van der Waals surface area (Å²) in [4.78, 5) is 29.7. The summed E-state index contributed by atoms with van der Waals surface area (Å²) in [7, 11) is 0. The van der Waals surface area contributed by atoms with Crippen LogP contribution in [0.1, 0.15) is 21.6 Å². The van der Waals surface area contributed by atoms with Crippen LogP contribution in [0.25, 0.3) is 15.5 Å². The molecular weight excluding hydrogens is 440 g/mol. The lowest BCUT2D eigenvalue weighted by atomic mass is 10.1. The van der Waals surface area contributed by atoms with Crippen molar-refractivity contribution in [1.82, 2.24) is 19.9 Å². The first-order chi connectivity index (χ1) is 13.5. The molecule has 0 radical (unpaired) electrons. The third-order valence-corrected chi connectivity index (χ3v) is 5.63. The number of hydrogen-bond acceptors (Lipinski definition) is 5. The Bertz CT molecular complexity index is 1250. The van der Waals surface area contributed by atoms with Gasteiger partial charge in [0.25, 0.3) is 11.5 Å². The van der Waals surface area contributed by atoms with E-state index in [9.17, 15) is 9.59 Å². The maximum atomic E-state index is 12.4. The van der Waals surface area contributed by atoms with Gasteiger partial charge in [-0.05, 0) is 30.7 Å². The molecule has 0 fully saturated rings. The van der Waals surface area contributed by atoms with E-state index in [-0.39, 0.29) is 18.0 Å². The molecule has 0 atom stereocenters. The van der Waals surface area contributed by atoms with Gasteiger partial charge in [0.15, 0.2) is 0 Å². The highest BCUT2D eigenvalue weighted by Crippen LogP contribution is 2.26. The first-order valence-corrected chi connectivity index (χ1v) is 10.1. The van der Waals surface area contributed by atoms with Crippen LogP contribution in [-0.4, -0.2) is 20.5 Å². The van der Waals surface area contributed by atoms with Gasteiger partial charge in [0.1, 0.15) is 5.01 Å². The molecule has 0 saturated heterocycles. The zero-order chi connectivity index (χ0) is 19.7. The second-order valence-electron chi connectivity index (χ2n) is 6.20. The number of fused-ring (bicyclic) bond motifs is 1. The van der Waals surface area contributed by atoms with E-state index in [1.807, 2.05) is 37.3 Å². The van der Waals surface area contributed by atoms with E-state index < -0.39 is 0 Å². The lowest BCUT2D eigenvalue weighted by Crippen LogP contribution is -2.25. The van der Waals surface area contributed by atoms with Crippen LogP contribution in [-0.2, 0) is 6.54 Å². The quantitative estimate of drug-likeness (QED) is 0.508. The van der Waals surface area contributed by atoms with E-state index in [4.69, 9.17) is 0 Å². The third kappa shape index (κ3) is 3.74. The summed E-state index contributed by atoms with van der Waals surface area (Å²) in [5.74, 6) is -0.229. The minimum absolute atomic E-state index is 0.161. The minimum Gasteiger partial charge on any atom is -0.346 e. The van der Waals surface area contributed by atoms with Gasteiger partial charge >= 0.3 is 0 Å². The summed E-state index contributed by atoms with van der Waals surface area (Å²) >= 11 is 4.70. The number of rotatable bonds is 4. The summed E-state index contributed by atoms with van der Waals surface area (Å²) < 4.78 is 2.12. The summed E-state index contributed by atoms with van der Waals surface area (Å²) in [6, 6.07) is 16.4. The lowest BCUT2D eigenvalue weighted by molar-refractivity contribution is 0.0950. The lowest BCUT2D eigenvalue weighted by Gasteiger charge is -2.05. The molecule has 28 heavy (non-hydrogen) atoms. The van der Waals surface area contributed by atoms with Gasteiger partial charge in [0.05, 0.1) is 12.2 Å². The predicted molar refractivity (Wildman–Crippen MR) is 113 cm³/mol. The van der Waals surface area contributed by atoms with E-state index in [0.29, 0.717) is 16.2 Å². The van der Waals surface area contributed by atoms with Crippen molar-refractivity contribution in [2.24, 2.45) is 0 Å². The number of carbonyl (C=O) groups is 1. The molecule has 0 saturated carbocycles. The Morgan fingerprint density at radius 3 is 2.79 bits per heavy atom. The van der Waals surface area contributed by atoms with Crippen LogP contribution < -0.4 is 10.9 Å². The van der Waals surface area contributed by atoms with E-state index in [1.54, 1.807) is 18.2 Å². The third-order valence-electron chi connectivity index (χ3n) is 4.19. The van der Waals surface area contributed by atoms with Gasteiger partial charge in [-0.25, -0.2) is 4.98 Å². The molecule has 8 heteroatoms. The number of benzene rings is 2. The predicted octanol–water partition coefficient (Wildman–Crippen LogP) is 3.82. The molecule has 0 aliphatic rings. The summed E-state index contributed by atoms with van der Waals surface area (Å²) in [5.41, 5.74) is 2.81. The Labute approximate surface area is 173 Å². The molecule has 140 valence electrons. The van der Waals surface area contributed by atoms with E-state index in [2.05, 4.69) is 31.3 Å². The number of carbonyl (C=O) groups excluding carboxylic acids is 1. The van der Waals surface area contributed by atoms with Crippen LogP contribution in [0, 0.1) is 6.92 Å². The standard InChI is InChI=1S/C20H15BrN4O2S/c1-12-5-2-3-8-16(12)19-24-25-17(26)10-15(23-20(25)28-19)11-22-18(27)13-6-4-7-14(21)9-13/h2-10H,11H2,1H3,(H,22,27). The van der Waals surface area contributed by atoms with E-state index >= 15 is 0 Å². The fourth-order valence-corrected chi connectivity index (χ4v) is 4.18. The molecule has 4 aromatic rings. The molecule has 0 aliphatic heterocycles. The maximum Gasteiger partial charge on any atom is 0.275 e. The van der Waals surface area contributed by atoms with Crippen molar-refractivity contribution >= 4 is 38.1 Å². The van der Waals surface area contributed by atoms with Crippen molar-refractivity contribution in [1.29, 1.82) is 0 Å². The molecule has 1 amide bonds. The number of nitrogens with one attached hydrogen (secondary N) is 1. The van der Waals surface area contributed by atoms with Crippen LogP contribution >= 0.6 is 27.3 Å². The van der Waals surface area contributed by atoms with Crippen LogP contribution in [0.4, 0.5) is 0 Å². The molecular formula is C20H15BrN4O2S. The molecule has 2 aromatic carbocycles. The van der Waals surface area contributed by atoms with Crippen molar-refractivity contribution in [2.45, 2.75) is 13.5 Å². The van der Waals surface area contributed by atoms with E-state index in [1.165, 1.54) is 21.9 Å². The molecule has 0 aliphatic carbocycles. The largest absolute Gasteiger partial charge is 0.346 e. The van der Waals surface area contributed by atoms with Gasteiger partial charge in [-0.3, -0.25) is 9.59 Å². The van der Waals surface area contributed by atoms with Crippen molar-refractivity contribution < 1.29 is 4.79 Å². The molecule has 0 bridgehead atoms. The van der Waals surface area contributed by atoms with Gasteiger partial charge in [0, 0.05) is 21.7 Å². The number of amides is 1. The Morgan fingerprint density at radius 2 is 2.00 bits per heavy atom. The first-order valence-electron chi connectivity index (χ1n) is 8.51.